The molecule has 0 N–H and O–H groups in total. The zero-order valence-electron chi connectivity index (χ0n) is 12.8. The first-order valence-electron chi connectivity index (χ1n) is 7.39. The maximum absolute atomic E-state index is 12.0. The van der Waals surface area contributed by atoms with Crippen molar-refractivity contribution in [3.8, 4) is 11.5 Å². The van der Waals surface area contributed by atoms with Crippen molar-refractivity contribution < 1.29 is 19.0 Å². The van der Waals surface area contributed by atoms with Gasteiger partial charge in [0.25, 0.3) is 0 Å². The highest BCUT2D eigenvalue weighted by Crippen LogP contribution is 2.25. The maximum Gasteiger partial charge on any atom is 0.338 e. The second kappa shape index (κ2) is 7.28. The summed E-state index contributed by atoms with van der Waals surface area (Å²) in [4.78, 5) is 12.0. The Labute approximate surface area is 139 Å². The molecule has 0 radical (unpaired) electrons. The molecular formula is C19H15NO4. The number of hydrogen-bond donors (Lipinski definition) is 0. The van der Waals surface area contributed by atoms with E-state index in [4.69, 9.17) is 9.47 Å². The van der Waals surface area contributed by atoms with E-state index in [0.29, 0.717) is 21.8 Å². The van der Waals surface area contributed by atoms with E-state index in [-0.39, 0.29) is 6.61 Å². The van der Waals surface area contributed by atoms with Gasteiger partial charge in [-0.05, 0) is 18.2 Å². The average Bonchev–Trinajstić information content (AvgIpc) is 2.62. The quantitative estimate of drug-likeness (QED) is 0.410. The molecule has 3 rings (SSSR count). The van der Waals surface area contributed by atoms with E-state index in [1.54, 1.807) is 0 Å². The Morgan fingerprint density at radius 1 is 0.917 bits per heavy atom. The van der Waals surface area contributed by atoms with Gasteiger partial charge in [0.2, 0.25) is 0 Å². The van der Waals surface area contributed by atoms with Crippen LogP contribution in [0.25, 0.3) is 0 Å². The zero-order chi connectivity index (χ0) is 16.8. The Morgan fingerprint density at radius 3 is 2.33 bits per heavy atom. The highest BCUT2D eigenvalue weighted by atomic mass is 16.5. The lowest BCUT2D eigenvalue weighted by Crippen LogP contribution is -2.24. The third-order valence-electron chi connectivity index (χ3n) is 3.34. The van der Waals surface area contributed by atoms with Crippen molar-refractivity contribution in [2.75, 3.05) is 0 Å². The molecule has 0 aliphatic carbocycles. The van der Waals surface area contributed by atoms with Crippen LogP contribution in [0.2, 0.25) is 0 Å². The number of nitrogens with zero attached hydrogens (tertiary/aromatic N) is 1. The normalized spacial score (nSPS) is 10.2. The zero-order valence-corrected chi connectivity index (χ0v) is 12.8. The van der Waals surface area contributed by atoms with Crippen LogP contribution >= 0.6 is 0 Å². The lowest BCUT2D eigenvalue weighted by molar-refractivity contribution is -0.605. The second-order valence-corrected chi connectivity index (χ2v) is 5.05. The van der Waals surface area contributed by atoms with Crippen molar-refractivity contribution in [1.29, 1.82) is 0 Å². The topological polar surface area (TPSA) is 62.5 Å². The number of rotatable bonds is 5. The van der Waals surface area contributed by atoms with Gasteiger partial charge < -0.3 is 14.7 Å². The summed E-state index contributed by atoms with van der Waals surface area (Å²) in [6.07, 6.45) is 2.51. The summed E-state index contributed by atoms with van der Waals surface area (Å²) in [6, 6.07) is 19.6. The van der Waals surface area contributed by atoms with Gasteiger partial charge in [0, 0.05) is 17.7 Å². The molecule has 5 nitrogen and oxygen atoms in total. The van der Waals surface area contributed by atoms with Gasteiger partial charge >= 0.3 is 5.97 Å². The van der Waals surface area contributed by atoms with Crippen molar-refractivity contribution in [2.45, 2.75) is 6.61 Å². The highest BCUT2D eigenvalue weighted by molar-refractivity contribution is 5.89. The van der Waals surface area contributed by atoms with Crippen LogP contribution in [0.4, 0.5) is 0 Å². The van der Waals surface area contributed by atoms with Gasteiger partial charge in [-0.1, -0.05) is 36.4 Å². The second-order valence-electron chi connectivity index (χ2n) is 5.05. The Morgan fingerprint density at radius 2 is 1.58 bits per heavy atom. The number of aromatic nitrogens is 1. The first-order chi connectivity index (χ1) is 11.7. The predicted molar refractivity (Wildman–Crippen MR) is 87.5 cm³/mol. The molecule has 0 unspecified atom stereocenters. The van der Waals surface area contributed by atoms with Crippen LogP contribution in [0, 0.1) is 5.21 Å². The molecule has 0 fully saturated rings. The Kier molecular flexibility index (Phi) is 4.72. The van der Waals surface area contributed by atoms with Gasteiger partial charge in [-0.2, -0.15) is 4.73 Å². The number of pyridine rings is 1. The van der Waals surface area contributed by atoms with Crippen LogP contribution in [0.5, 0.6) is 11.5 Å². The van der Waals surface area contributed by atoms with E-state index in [1.165, 1.54) is 24.5 Å². The standard InChI is InChI=1S/C19H15NO4/c21-19(15-10-12-20(22)13-11-15)23-14-16-6-4-5-9-18(16)24-17-7-2-1-3-8-17/h1-13H,14H2. The van der Waals surface area contributed by atoms with Crippen LogP contribution < -0.4 is 9.47 Å². The van der Waals surface area contributed by atoms with E-state index in [0.717, 1.165) is 5.56 Å². The highest BCUT2D eigenvalue weighted by Gasteiger charge is 2.11. The van der Waals surface area contributed by atoms with Gasteiger partial charge in [-0.3, -0.25) is 0 Å². The van der Waals surface area contributed by atoms with E-state index < -0.39 is 5.97 Å². The largest absolute Gasteiger partial charge is 0.619 e. The summed E-state index contributed by atoms with van der Waals surface area (Å²) in [5.74, 6) is 0.839. The van der Waals surface area contributed by atoms with E-state index in [9.17, 15) is 10.0 Å². The summed E-state index contributed by atoms with van der Waals surface area (Å²) in [7, 11) is 0. The fourth-order valence-corrected chi connectivity index (χ4v) is 2.11. The summed E-state index contributed by atoms with van der Waals surface area (Å²) >= 11 is 0. The van der Waals surface area contributed by atoms with Crippen molar-refractivity contribution in [2.24, 2.45) is 0 Å². The molecule has 1 heterocycles. The average molecular weight is 321 g/mol. The number of esters is 1. The lowest BCUT2D eigenvalue weighted by Gasteiger charge is -2.11. The molecule has 5 heteroatoms. The Bertz CT molecular complexity index is 816. The SMILES string of the molecule is O=C(OCc1ccccc1Oc1ccccc1)c1cc[n+]([O-])cc1. The van der Waals surface area contributed by atoms with E-state index in [1.807, 2.05) is 54.6 Å². The first-order valence-corrected chi connectivity index (χ1v) is 7.39. The minimum atomic E-state index is -0.495. The molecule has 1 aromatic heterocycles. The molecule has 0 spiro atoms. The molecule has 24 heavy (non-hydrogen) atoms. The van der Waals surface area contributed by atoms with E-state index >= 15 is 0 Å². The minimum Gasteiger partial charge on any atom is -0.619 e. The number of para-hydroxylation sites is 2. The van der Waals surface area contributed by atoms with Crippen LogP contribution in [0.3, 0.4) is 0 Å². The Balaban J connectivity index is 1.69. The summed E-state index contributed by atoms with van der Waals surface area (Å²) in [5.41, 5.74) is 1.08. The minimum absolute atomic E-state index is 0.0775. The van der Waals surface area contributed by atoms with E-state index in [2.05, 4.69) is 0 Å². The van der Waals surface area contributed by atoms with Gasteiger partial charge in [0.1, 0.15) is 18.1 Å². The monoisotopic (exact) mass is 321 g/mol. The number of ether oxygens (including phenoxy) is 2. The summed E-state index contributed by atoms with van der Waals surface area (Å²) in [5, 5.41) is 11.0. The molecule has 0 saturated carbocycles. The number of carbonyl (C=O) groups is 1. The predicted octanol–water partition coefficient (Wildman–Crippen LogP) is 3.47. The van der Waals surface area contributed by atoms with Crippen LogP contribution in [0.1, 0.15) is 15.9 Å². The number of benzene rings is 2. The molecule has 0 aliphatic rings. The van der Waals surface area contributed by atoms with Gasteiger partial charge in [-0.15, -0.1) is 0 Å². The molecule has 0 aliphatic heterocycles. The van der Waals surface area contributed by atoms with Gasteiger partial charge in [0.15, 0.2) is 12.4 Å². The molecule has 0 saturated heterocycles. The molecule has 3 aromatic rings. The lowest BCUT2D eigenvalue weighted by atomic mass is 10.2. The molecular weight excluding hydrogens is 306 g/mol. The fraction of sp³-hybridized carbons (Fsp3) is 0.0526. The third kappa shape index (κ3) is 3.89. The van der Waals surface area contributed by atoms with Crippen LogP contribution in [-0.4, -0.2) is 5.97 Å². The van der Waals surface area contributed by atoms with Crippen LogP contribution in [-0.2, 0) is 11.3 Å². The molecule has 0 amide bonds. The third-order valence-corrected chi connectivity index (χ3v) is 3.34. The fourth-order valence-electron chi connectivity index (χ4n) is 2.11. The van der Waals surface area contributed by atoms with Crippen molar-refractivity contribution >= 4 is 5.97 Å². The molecule has 0 atom stereocenters. The van der Waals surface area contributed by atoms with Crippen molar-refractivity contribution in [3.05, 3.63) is 95.5 Å². The van der Waals surface area contributed by atoms with Crippen molar-refractivity contribution in [3.63, 3.8) is 0 Å². The first kappa shape index (κ1) is 15.6. The molecule has 2 aromatic carbocycles. The number of hydrogen-bond acceptors (Lipinski definition) is 4. The summed E-state index contributed by atoms with van der Waals surface area (Å²) < 4.78 is 11.7. The van der Waals surface area contributed by atoms with Gasteiger partial charge in [0.05, 0.1) is 5.56 Å². The van der Waals surface area contributed by atoms with Gasteiger partial charge in [-0.25, -0.2) is 4.79 Å². The number of carbonyl (C=O) groups excluding carboxylic acids is 1. The smallest absolute Gasteiger partial charge is 0.338 e. The maximum atomic E-state index is 12.0. The van der Waals surface area contributed by atoms with Crippen molar-refractivity contribution in [1.82, 2.24) is 0 Å². The molecule has 0 bridgehead atoms. The summed E-state index contributed by atoms with van der Waals surface area (Å²) in [6.45, 7) is 0.0775. The molecule has 120 valence electrons. The Hall–Kier alpha value is -3.34. The van der Waals surface area contributed by atoms with Crippen LogP contribution in [0.15, 0.2) is 79.1 Å².